The molecule has 1 amide bonds. The fourth-order valence-corrected chi connectivity index (χ4v) is 2.59. The van der Waals surface area contributed by atoms with Gasteiger partial charge >= 0.3 is 0 Å². The van der Waals surface area contributed by atoms with Crippen LogP contribution in [-0.2, 0) is 0 Å². The fraction of sp³-hybridized carbons (Fsp3) is 0.353. The zero-order chi connectivity index (χ0) is 16.1. The molecule has 0 unspecified atom stereocenters. The molecule has 0 saturated carbocycles. The average molecular weight is 312 g/mol. The van der Waals surface area contributed by atoms with Gasteiger partial charge in [0.15, 0.2) is 0 Å². The molecule has 1 aliphatic heterocycles. The second-order valence-electron chi connectivity index (χ2n) is 5.34. The van der Waals surface area contributed by atoms with Crippen LogP contribution in [0.1, 0.15) is 30.3 Å². The van der Waals surface area contributed by atoms with E-state index in [9.17, 15) is 4.79 Å². The number of hydrogen-bond acceptors (Lipinski definition) is 5. The highest BCUT2D eigenvalue weighted by atomic mass is 16.5. The summed E-state index contributed by atoms with van der Waals surface area (Å²) in [6.07, 6.45) is 5.54. The quantitative estimate of drug-likeness (QED) is 0.919. The highest BCUT2D eigenvalue weighted by Crippen LogP contribution is 2.24. The molecule has 0 spiro atoms. The Hall–Kier alpha value is -2.63. The molecule has 6 nitrogen and oxygen atoms in total. The largest absolute Gasteiger partial charge is 0.492 e. The molecule has 2 aromatic rings. The lowest BCUT2D eigenvalue weighted by molar-refractivity contribution is 0.102. The molecule has 3 rings (SSSR count). The van der Waals surface area contributed by atoms with Gasteiger partial charge in [0.1, 0.15) is 17.3 Å². The van der Waals surface area contributed by atoms with Gasteiger partial charge in [0.2, 0.25) is 0 Å². The SMILES string of the molecule is CCOc1ccccc1NC(=O)c1cnc(N2CCCC2)cn1. The standard InChI is InChI=1S/C17H20N4O2/c1-2-23-15-8-4-3-7-13(15)20-17(22)14-11-19-16(12-18-14)21-9-5-6-10-21/h3-4,7-8,11-12H,2,5-6,9-10H2,1H3,(H,20,22). The number of nitrogens with one attached hydrogen (secondary N) is 1. The van der Waals surface area contributed by atoms with E-state index in [4.69, 9.17) is 4.74 Å². The third-order valence-electron chi connectivity index (χ3n) is 3.74. The van der Waals surface area contributed by atoms with Gasteiger partial charge in [-0.1, -0.05) is 12.1 Å². The van der Waals surface area contributed by atoms with Crippen LogP contribution in [0.4, 0.5) is 11.5 Å². The van der Waals surface area contributed by atoms with Gasteiger partial charge in [0.05, 0.1) is 24.7 Å². The Morgan fingerprint density at radius 2 is 2.00 bits per heavy atom. The highest BCUT2D eigenvalue weighted by molar-refractivity contribution is 6.03. The first-order chi connectivity index (χ1) is 11.3. The molecule has 1 aromatic carbocycles. The van der Waals surface area contributed by atoms with Crippen molar-refractivity contribution in [1.29, 1.82) is 0 Å². The van der Waals surface area contributed by atoms with Crippen LogP contribution in [0.25, 0.3) is 0 Å². The number of benzene rings is 1. The lowest BCUT2D eigenvalue weighted by Crippen LogP contribution is -2.20. The van der Waals surface area contributed by atoms with Crippen molar-refractivity contribution in [1.82, 2.24) is 9.97 Å². The molecule has 1 aliphatic rings. The fourth-order valence-electron chi connectivity index (χ4n) is 2.59. The van der Waals surface area contributed by atoms with Crippen LogP contribution in [0.3, 0.4) is 0 Å². The molecule has 1 N–H and O–H groups in total. The van der Waals surface area contributed by atoms with E-state index in [0.717, 1.165) is 18.9 Å². The van der Waals surface area contributed by atoms with E-state index in [1.807, 2.05) is 25.1 Å². The van der Waals surface area contributed by atoms with E-state index in [2.05, 4.69) is 20.2 Å². The van der Waals surface area contributed by atoms with Gasteiger partial charge in [-0.3, -0.25) is 4.79 Å². The molecule has 0 radical (unpaired) electrons. The zero-order valence-electron chi connectivity index (χ0n) is 13.2. The van der Waals surface area contributed by atoms with Crippen molar-refractivity contribution in [3.05, 3.63) is 42.4 Å². The minimum absolute atomic E-state index is 0.291. The Balaban J connectivity index is 1.71. The molecule has 6 heteroatoms. The molecule has 120 valence electrons. The summed E-state index contributed by atoms with van der Waals surface area (Å²) in [5.41, 5.74) is 0.920. The van der Waals surface area contributed by atoms with Crippen molar-refractivity contribution in [3.63, 3.8) is 0 Å². The molecule has 23 heavy (non-hydrogen) atoms. The summed E-state index contributed by atoms with van der Waals surface area (Å²) >= 11 is 0. The number of anilines is 2. The first-order valence-corrected chi connectivity index (χ1v) is 7.88. The predicted octanol–water partition coefficient (Wildman–Crippen LogP) is 2.73. The van der Waals surface area contributed by atoms with Crippen molar-refractivity contribution in [2.45, 2.75) is 19.8 Å². The number of hydrogen-bond donors (Lipinski definition) is 1. The maximum Gasteiger partial charge on any atom is 0.275 e. The molecule has 1 aromatic heterocycles. The Morgan fingerprint density at radius 1 is 1.22 bits per heavy atom. The van der Waals surface area contributed by atoms with Crippen molar-refractivity contribution in [3.8, 4) is 5.75 Å². The van der Waals surface area contributed by atoms with Crippen LogP contribution < -0.4 is 15.0 Å². The first kappa shape index (κ1) is 15.3. The minimum Gasteiger partial charge on any atom is -0.492 e. The molecular formula is C17H20N4O2. The van der Waals surface area contributed by atoms with Crippen LogP contribution in [-0.4, -0.2) is 35.6 Å². The summed E-state index contributed by atoms with van der Waals surface area (Å²) in [7, 11) is 0. The number of aromatic nitrogens is 2. The third-order valence-corrected chi connectivity index (χ3v) is 3.74. The number of carbonyl (C=O) groups is 1. The summed E-state index contributed by atoms with van der Waals surface area (Å²) in [6.45, 7) is 4.45. The Morgan fingerprint density at radius 3 is 2.70 bits per heavy atom. The van der Waals surface area contributed by atoms with Gasteiger partial charge in [0, 0.05) is 13.1 Å². The number of ether oxygens (including phenoxy) is 1. The topological polar surface area (TPSA) is 67.3 Å². The van der Waals surface area contributed by atoms with Crippen LogP contribution >= 0.6 is 0 Å². The summed E-state index contributed by atoms with van der Waals surface area (Å²) in [6, 6.07) is 7.34. The average Bonchev–Trinajstić information content (AvgIpc) is 3.11. The Bertz CT molecular complexity index is 667. The molecule has 1 fully saturated rings. The van der Waals surface area contributed by atoms with E-state index >= 15 is 0 Å². The van der Waals surface area contributed by atoms with Crippen molar-refractivity contribution >= 4 is 17.4 Å². The minimum atomic E-state index is -0.294. The van der Waals surface area contributed by atoms with Gasteiger partial charge in [-0.05, 0) is 31.9 Å². The van der Waals surface area contributed by atoms with Gasteiger partial charge in [-0.25, -0.2) is 9.97 Å². The number of rotatable bonds is 5. The van der Waals surface area contributed by atoms with E-state index in [0.29, 0.717) is 23.7 Å². The smallest absolute Gasteiger partial charge is 0.275 e. The van der Waals surface area contributed by atoms with Gasteiger partial charge in [-0.15, -0.1) is 0 Å². The van der Waals surface area contributed by atoms with Gasteiger partial charge < -0.3 is 15.0 Å². The summed E-state index contributed by atoms with van der Waals surface area (Å²) in [5.74, 6) is 1.18. The molecule has 0 atom stereocenters. The molecule has 2 heterocycles. The predicted molar refractivity (Wildman–Crippen MR) is 89.0 cm³/mol. The molecule has 0 bridgehead atoms. The lowest BCUT2D eigenvalue weighted by atomic mass is 10.3. The summed E-state index contributed by atoms with van der Waals surface area (Å²) < 4.78 is 5.50. The summed E-state index contributed by atoms with van der Waals surface area (Å²) in [5, 5.41) is 2.82. The number of carbonyl (C=O) groups excluding carboxylic acids is 1. The van der Waals surface area contributed by atoms with Crippen molar-refractivity contribution in [2.24, 2.45) is 0 Å². The number of para-hydroxylation sites is 2. The maximum atomic E-state index is 12.3. The van der Waals surface area contributed by atoms with Crippen LogP contribution in [0.5, 0.6) is 5.75 Å². The Labute approximate surface area is 135 Å². The third kappa shape index (κ3) is 3.59. The van der Waals surface area contributed by atoms with Crippen LogP contribution in [0.2, 0.25) is 0 Å². The van der Waals surface area contributed by atoms with E-state index in [1.54, 1.807) is 12.3 Å². The van der Waals surface area contributed by atoms with Crippen molar-refractivity contribution in [2.75, 3.05) is 29.9 Å². The zero-order valence-corrected chi connectivity index (χ0v) is 13.2. The summed E-state index contributed by atoms with van der Waals surface area (Å²) in [4.78, 5) is 23.1. The number of amides is 1. The van der Waals surface area contributed by atoms with Crippen molar-refractivity contribution < 1.29 is 9.53 Å². The van der Waals surface area contributed by atoms with E-state index in [-0.39, 0.29) is 5.91 Å². The van der Waals surface area contributed by atoms with E-state index in [1.165, 1.54) is 19.0 Å². The Kier molecular flexibility index (Phi) is 4.71. The monoisotopic (exact) mass is 312 g/mol. The highest BCUT2D eigenvalue weighted by Gasteiger charge is 2.16. The second-order valence-corrected chi connectivity index (χ2v) is 5.34. The molecule has 0 aliphatic carbocycles. The second kappa shape index (κ2) is 7.09. The van der Waals surface area contributed by atoms with Crippen LogP contribution in [0, 0.1) is 0 Å². The number of nitrogens with zero attached hydrogens (tertiary/aromatic N) is 3. The maximum absolute atomic E-state index is 12.3. The van der Waals surface area contributed by atoms with E-state index < -0.39 is 0 Å². The molecular weight excluding hydrogens is 292 g/mol. The van der Waals surface area contributed by atoms with Gasteiger partial charge in [-0.2, -0.15) is 0 Å². The molecule has 1 saturated heterocycles. The van der Waals surface area contributed by atoms with Crippen LogP contribution in [0.15, 0.2) is 36.7 Å². The van der Waals surface area contributed by atoms with Gasteiger partial charge in [0.25, 0.3) is 5.91 Å². The first-order valence-electron chi connectivity index (χ1n) is 7.88. The normalized spacial score (nSPS) is 13.9. The lowest BCUT2D eigenvalue weighted by Gasteiger charge is -2.15.